The third-order valence-electron chi connectivity index (χ3n) is 3.21. The Morgan fingerprint density at radius 1 is 1.12 bits per heavy atom. The van der Waals surface area contributed by atoms with Gasteiger partial charge in [0.1, 0.15) is 0 Å². The number of ether oxygens (including phenoxy) is 2. The van der Waals surface area contributed by atoms with E-state index >= 15 is 0 Å². The maximum atomic E-state index is 8.79. The van der Waals surface area contributed by atoms with Crippen molar-refractivity contribution >= 4 is 52.4 Å². The molecule has 0 aromatic carbocycles. The van der Waals surface area contributed by atoms with Crippen LogP contribution in [0.4, 0.5) is 5.88 Å². The highest BCUT2D eigenvalue weighted by atomic mass is 32.1. The number of thiol groups is 1. The van der Waals surface area contributed by atoms with Crippen molar-refractivity contribution in [3.8, 4) is 0 Å². The van der Waals surface area contributed by atoms with Crippen LogP contribution in [0.1, 0.15) is 0 Å². The standard InChI is InChI=1S/C15H21NO5S3/c17-3-7-19-5-1-16(2-6-20-8-4-18)13-9-11(22)15-14(21-13)12(23)10-24-15/h9-10,17-18,23H,1-8H2. The van der Waals surface area contributed by atoms with Crippen molar-refractivity contribution < 1.29 is 24.1 Å². The molecule has 0 fully saturated rings. The molecule has 0 spiro atoms. The van der Waals surface area contributed by atoms with E-state index in [4.69, 9.17) is 36.3 Å². The summed E-state index contributed by atoms with van der Waals surface area (Å²) in [5, 5.41) is 19.5. The first-order chi connectivity index (χ1) is 11.7. The zero-order valence-corrected chi connectivity index (χ0v) is 15.7. The second-order valence-electron chi connectivity index (χ2n) is 4.89. The van der Waals surface area contributed by atoms with Gasteiger partial charge in [-0.1, -0.05) is 12.2 Å². The summed E-state index contributed by atoms with van der Waals surface area (Å²) >= 11 is 11.4. The normalized spacial score (nSPS) is 11.3. The van der Waals surface area contributed by atoms with Crippen molar-refractivity contribution in [2.24, 2.45) is 0 Å². The molecule has 2 N–H and O–H groups in total. The number of nitrogens with zero attached hydrogens (tertiary/aromatic N) is 1. The number of rotatable bonds is 11. The summed E-state index contributed by atoms with van der Waals surface area (Å²) in [5.74, 6) is 0.626. The largest absolute Gasteiger partial charge is 0.438 e. The van der Waals surface area contributed by atoms with E-state index in [1.807, 2.05) is 16.3 Å². The van der Waals surface area contributed by atoms with E-state index < -0.39 is 0 Å². The Bertz CT molecular complexity index is 675. The lowest BCUT2D eigenvalue weighted by molar-refractivity contribution is 0.0878. The molecule has 0 unspecified atom stereocenters. The van der Waals surface area contributed by atoms with Crippen LogP contribution in [0.25, 0.3) is 10.3 Å². The van der Waals surface area contributed by atoms with E-state index in [0.717, 1.165) is 9.60 Å². The summed E-state index contributed by atoms with van der Waals surface area (Å²) < 4.78 is 18.3. The van der Waals surface area contributed by atoms with Crippen molar-refractivity contribution in [2.45, 2.75) is 4.90 Å². The summed E-state index contributed by atoms with van der Waals surface area (Å²) in [6.07, 6.45) is 0. The summed E-state index contributed by atoms with van der Waals surface area (Å²) in [6.45, 7) is 2.59. The monoisotopic (exact) mass is 391 g/mol. The number of anilines is 1. The highest BCUT2D eigenvalue weighted by Crippen LogP contribution is 2.33. The molecule has 0 atom stereocenters. The fraction of sp³-hybridized carbons (Fsp3) is 0.533. The van der Waals surface area contributed by atoms with Crippen molar-refractivity contribution in [3.05, 3.63) is 16.0 Å². The second kappa shape index (κ2) is 10.3. The van der Waals surface area contributed by atoms with Crippen molar-refractivity contribution in [1.82, 2.24) is 0 Å². The van der Waals surface area contributed by atoms with E-state index in [2.05, 4.69) is 12.6 Å². The molecule has 9 heteroatoms. The molecule has 0 aliphatic rings. The van der Waals surface area contributed by atoms with Gasteiger partial charge in [-0.05, 0) is 0 Å². The highest BCUT2D eigenvalue weighted by molar-refractivity contribution is 7.80. The van der Waals surface area contributed by atoms with E-state index in [-0.39, 0.29) is 13.2 Å². The Hall–Kier alpha value is -0.680. The molecule has 0 saturated carbocycles. The SMILES string of the molecule is OCCOCCN(CCOCCO)c1cc(=S)c2scc(S)c2o1. The summed E-state index contributed by atoms with van der Waals surface area (Å²) in [7, 11) is 0. The minimum atomic E-state index is -0.00975. The van der Waals surface area contributed by atoms with Gasteiger partial charge in [-0.2, -0.15) is 0 Å². The Morgan fingerprint density at radius 3 is 2.33 bits per heavy atom. The molecule has 0 aliphatic heterocycles. The first-order valence-electron chi connectivity index (χ1n) is 7.54. The Balaban J connectivity index is 2.14. The molecule has 24 heavy (non-hydrogen) atoms. The molecule has 2 heterocycles. The molecule has 2 aromatic heterocycles. The van der Waals surface area contributed by atoms with Gasteiger partial charge in [-0.15, -0.1) is 24.0 Å². The van der Waals surface area contributed by atoms with E-state index in [1.165, 1.54) is 11.3 Å². The molecule has 0 amide bonds. The minimum absolute atomic E-state index is 0.00975. The molecule has 0 bridgehead atoms. The van der Waals surface area contributed by atoms with Crippen LogP contribution in [0.15, 0.2) is 20.8 Å². The van der Waals surface area contributed by atoms with Crippen LogP contribution in [-0.4, -0.2) is 62.9 Å². The average molecular weight is 392 g/mol. The number of thiophene rings is 1. The molecule has 0 saturated heterocycles. The van der Waals surface area contributed by atoms with Crippen LogP contribution < -0.4 is 4.90 Å². The topological polar surface area (TPSA) is 75.3 Å². The maximum Gasteiger partial charge on any atom is 0.197 e. The molecule has 2 rings (SSSR count). The lowest BCUT2D eigenvalue weighted by atomic mass is 10.4. The number of aliphatic hydroxyl groups excluding tert-OH is 2. The summed E-state index contributed by atoms with van der Waals surface area (Å²) in [4.78, 5) is 2.73. The lowest BCUT2D eigenvalue weighted by Gasteiger charge is -2.23. The van der Waals surface area contributed by atoms with Gasteiger partial charge in [0.2, 0.25) is 0 Å². The third-order valence-corrected chi connectivity index (χ3v) is 5.16. The van der Waals surface area contributed by atoms with Gasteiger partial charge in [0.25, 0.3) is 0 Å². The zero-order valence-electron chi connectivity index (χ0n) is 13.1. The third kappa shape index (κ3) is 5.41. The molecule has 134 valence electrons. The first-order valence-corrected chi connectivity index (χ1v) is 9.27. The van der Waals surface area contributed by atoms with Gasteiger partial charge >= 0.3 is 0 Å². The Morgan fingerprint density at radius 2 is 1.75 bits per heavy atom. The van der Waals surface area contributed by atoms with E-state index in [0.29, 0.717) is 55.5 Å². The summed E-state index contributed by atoms with van der Waals surface area (Å²) in [5.41, 5.74) is 0.684. The van der Waals surface area contributed by atoms with Gasteiger partial charge < -0.3 is 29.0 Å². The maximum absolute atomic E-state index is 8.79. The number of hydrogen-bond donors (Lipinski definition) is 3. The Labute approximate surface area is 155 Å². The fourth-order valence-electron chi connectivity index (χ4n) is 2.09. The highest BCUT2D eigenvalue weighted by Gasteiger charge is 2.13. The quantitative estimate of drug-likeness (QED) is 0.308. The zero-order chi connectivity index (χ0) is 17.4. The number of aliphatic hydroxyl groups is 2. The van der Waals surface area contributed by atoms with Crippen molar-refractivity contribution in [3.63, 3.8) is 0 Å². The van der Waals surface area contributed by atoms with Crippen LogP contribution in [0.5, 0.6) is 0 Å². The van der Waals surface area contributed by atoms with Crippen LogP contribution in [-0.2, 0) is 9.47 Å². The van der Waals surface area contributed by atoms with Gasteiger partial charge in [0.15, 0.2) is 11.5 Å². The van der Waals surface area contributed by atoms with Crippen molar-refractivity contribution in [2.75, 3.05) is 57.6 Å². The number of hydrogen-bond acceptors (Lipinski definition) is 9. The van der Waals surface area contributed by atoms with E-state index in [9.17, 15) is 0 Å². The van der Waals surface area contributed by atoms with Gasteiger partial charge in [0, 0.05) is 24.5 Å². The molecule has 0 radical (unpaired) electrons. The van der Waals surface area contributed by atoms with Gasteiger partial charge in [-0.25, -0.2) is 0 Å². The lowest BCUT2D eigenvalue weighted by Crippen LogP contribution is -2.31. The molecule has 2 aromatic rings. The van der Waals surface area contributed by atoms with Gasteiger partial charge in [0.05, 0.1) is 53.7 Å². The number of fused-ring (bicyclic) bond motifs is 1. The second-order valence-corrected chi connectivity index (χ2v) is 6.69. The van der Waals surface area contributed by atoms with Crippen molar-refractivity contribution in [1.29, 1.82) is 0 Å². The molecule has 0 aliphatic carbocycles. The first kappa shape index (κ1) is 19.6. The smallest absolute Gasteiger partial charge is 0.197 e. The van der Waals surface area contributed by atoms with Gasteiger partial charge in [-0.3, -0.25) is 0 Å². The van der Waals surface area contributed by atoms with Crippen LogP contribution >= 0.6 is 36.2 Å². The van der Waals surface area contributed by atoms with Crippen LogP contribution in [0, 0.1) is 4.51 Å². The molecular formula is C15H21NO5S3. The predicted molar refractivity (Wildman–Crippen MR) is 100 cm³/mol. The Kier molecular flexibility index (Phi) is 8.46. The predicted octanol–water partition coefficient (Wildman–Crippen LogP) is 2.34. The van der Waals surface area contributed by atoms with E-state index in [1.54, 1.807) is 0 Å². The fourth-order valence-corrected chi connectivity index (χ4v) is 3.59. The molecular weight excluding hydrogens is 370 g/mol. The van der Waals surface area contributed by atoms with Crippen LogP contribution in [0.3, 0.4) is 0 Å². The summed E-state index contributed by atoms with van der Waals surface area (Å²) in [6, 6.07) is 1.82. The molecule has 6 nitrogen and oxygen atoms in total. The van der Waals surface area contributed by atoms with Crippen LogP contribution in [0.2, 0.25) is 0 Å². The minimum Gasteiger partial charge on any atom is -0.438 e. The average Bonchev–Trinajstić information content (AvgIpc) is 2.95.